The molecular weight excluding hydrogens is 350 g/mol. The van der Waals surface area contributed by atoms with E-state index in [-0.39, 0.29) is 17.9 Å². The van der Waals surface area contributed by atoms with Crippen molar-refractivity contribution in [2.24, 2.45) is 0 Å². The highest BCUT2D eigenvalue weighted by Gasteiger charge is 2.45. The average molecular weight is 366 g/mol. The lowest BCUT2D eigenvalue weighted by atomic mass is 10.0. The Morgan fingerprint density at radius 2 is 1.85 bits per heavy atom. The van der Waals surface area contributed by atoms with Gasteiger partial charge >= 0.3 is 0 Å². The minimum atomic E-state index is -3.55. The first kappa shape index (κ1) is 17.1. The van der Waals surface area contributed by atoms with E-state index in [1.807, 2.05) is 0 Å². The molecule has 0 saturated carbocycles. The SMILES string of the molecule is CC[C@@](Br)([C@H](O)c1ccc([N+](=O)[O-])cc1)S(=O)(=O)CC. The molecule has 0 bridgehead atoms. The van der Waals surface area contributed by atoms with Crippen molar-refractivity contribution < 1.29 is 18.4 Å². The molecule has 2 atom stereocenters. The second-order valence-electron chi connectivity index (χ2n) is 4.29. The molecule has 0 saturated heterocycles. The van der Waals surface area contributed by atoms with Gasteiger partial charge in [-0.1, -0.05) is 29.8 Å². The van der Waals surface area contributed by atoms with Crippen LogP contribution in [0.3, 0.4) is 0 Å². The lowest BCUT2D eigenvalue weighted by Gasteiger charge is -2.31. The van der Waals surface area contributed by atoms with Gasteiger partial charge in [-0.25, -0.2) is 8.42 Å². The van der Waals surface area contributed by atoms with Crippen LogP contribution < -0.4 is 0 Å². The van der Waals surface area contributed by atoms with Crippen LogP contribution in [0.1, 0.15) is 31.9 Å². The van der Waals surface area contributed by atoms with Crippen molar-refractivity contribution in [1.82, 2.24) is 0 Å². The molecule has 1 aromatic rings. The lowest BCUT2D eigenvalue weighted by molar-refractivity contribution is -0.384. The maximum Gasteiger partial charge on any atom is 0.269 e. The Hall–Kier alpha value is -0.990. The van der Waals surface area contributed by atoms with Gasteiger partial charge in [-0.15, -0.1) is 0 Å². The maximum atomic E-state index is 12.1. The fourth-order valence-electron chi connectivity index (χ4n) is 1.85. The number of non-ortho nitro benzene ring substituents is 1. The summed E-state index contributed by atoms with van der Waals surface area (Å²) >= 11 is 3.14. The molecule has 6 nitrogen and oxygen atoms in total. The van der Waals surface area contributed by atoms with Gasteiger partial charge in [0, 0.05) is 17.9 Å². The fourth-order valence-corrected chi connectivity index (χ4v) is 4.20. The third-order valence-electron chi connectivity index (χ3n) is 3.21. The van der Waals surface area contributed by atoms with E-state index < -0.39 is 24.5 Å². The first-order chi connectivity index (χ1) is 9.19. The molecule has 0 fully saturated rings. The van der Waals surface area contributed by atoms with E-state index in [4.69, 9.17) is 0 Å². The van der Waals surface area contributed by atoms with E-state index in [0.717, 1.165) is 0 Å². The summed E-state index contributed by atoms with van der Waals surface area (Å²) < 4.78 is 22.8. The number of sulfone groups is 1. The van der Waals surface area contributed by atoms with Crippen molar-refractivity contribution >= 4 is 31.5 Å². The van der Waals surface area contributed by atoms with Gasteiger partial charge in [0.2, 0.25) is 0 Å². The molecule has 0 aromatic heterocycles. The van der Waals surface area contributed by atoms with E-state index in [9.17, 15) is 23.6 Å². The summed E-state index contributed by atoms with van der Waals surface area (Å²) in [5.41, 5.74) is 0.197. The Bertz CT molecular complexity index is 586. The van der Waals surface area contributed by atoms with Crippen molar-refractivity contribution in [3.05, 3.63) is 39.9 Å². The van der Waals surface area contributed by atoms with Crippen LogP contribution in [0.25, 0.3) is 0 Å². The monoisotopic (exact) mass is 365 g/mol. The van der Waals surface area contributed by atoms with Crippen LogP contribution >= 0.6 is 15.9 Å². The molecule has 0 aliphatic carbocycles. The predicted octanol–water partition coefficient (Wildman–Crippen LogP) is 2.56. The molecule has 0 heterocycles. The second kappa shape index (κ2) is 6.19. The maximum absolute atomic E-state index is 12.1. The lowest BCUT2D eigenvalue weighted by Crippen LogP contribution is -2.39. The molecule has 0 aliphatic heterocycles. The molecule has 112 valence electrons. The number of hydrogen-bond acceptors (Lipinski definition) is 5. The fraction of sp³-hybridized carbons (Fsp3) is 0.500. The van der Waals surface area contributed by atoms with E-state index in [1.165, 1.54) is 31.2 Å². The van der Waals surface area contributed by atoms with Crippen LogP contribution in [0.2, 0.25) is 0 Å². The van der Waals surface area contributed by atoms with Crippen LogP contribution in [0.4, 0.5) is 5.69 Å². The molecule has 0 radical (unpaired) electrons. The molecule has 1 N–H and O–H groups in total. The molecule has 0 amide bonds. The number of hydrogen-bond donors (Lipinski definition) is 1. The van der Waals surface area contributed by atoms with Crippen molar-refractivity contribution in [2.45, 2.75) is 30.0 Å². The quantitative estimate of drug-likeness (QED) is 0.474. The van der Waals surface area contributed by atoms with Crippen LogP contribution in [-0.2, 0) is 9.84 Å². The summed E-state index contributed by atoms with van der Waals surface area (Å²) in [6.45, 7) is 3.15. The number of rotatable bonds is 6. The van der Waals surface area contributed by atoms with Crippen LogP contribution in [0.5, 0.6) is 0 Å². The largest absolute Gasteiger partial charge is 0.386 e. The van der Waals surface area contributed by atoms with Crippen molar-refractivity contribution in [1.29, 1.82) is 0 Å². The summed E-state index contributed by atoms with van der Waals surface area (Å²) in [6, 6.07) is 5.19. The first-order valence-electron chi connectivity index (χ1n) is 6.03. The van der Waals surface area contributed by atoms with E-state index in [0.29, 0.717) is 5.56 Å². The van der Waals surface area contributed by atoms with Crippen molar-refractivity contribution in [3.63, 3.8) is 0 Å². The number of nitro benzene ring substituents is 1. The number of nitro groups is 1. The molecule has 1 rings (SSSR count). The first-order valence-corrected chi connectivity index (χ1v) is 8.47. The van der Waals surface area contributed by atoms with Gasteiger partial charge in [0.25, 0.3) is 5.69 Å². The number of aliphatic hydroxyl groups is 1. The molecule has 0 spiro atoms. The minimum Gasteiger partial charge on any atom is -0.386 e. The minimum absolute atomic E-state index is 0.115. The van der Waals surface area contributed by atoms with Crippen molar-refractivity contribution in [3.8, 4) is 0 Å². The van der Waals surface area contributed by atoms with Gasteiger partial charge in [-0.3, -0.25) is 10.1 Å². The second-order valence-corrected chi connectivity index (χ2v) is 8.77. The van der Waals surface area contributed by atoms with Gasteiger partial charge < -0.3 is 5.11 Å². The standard InChI is InChI=1S/C12H16BrNO5S/c1-3-12(13,20(18,19)4-2)11(15)9-5-7-10(8-6-9)14(16)17/h5-8,11,15H,3-4H2,1-2H3/t11-,12+/m1/s1. The zero-order valence-electron chi connectivity index (χ0n) is 11.1. The zero-order chi connectivity index (χ0) is 15.6. The Kier molecular flexibility index (Phi) is 5.28. The van der Waals surface area contributed by atoms with E-state index in [2.05, 4.69) is 15.9 Å². The highest BCUT2D eigenvalue weighted by atomic mass is 79.9. The van der Waals surface area contributed by atoms with Gasteiger partial charge in [0.1, 0.15) is 6.10 Å². The number of benzene rings is 1. The number of nitrogens with zero attached hydrogens (tertiary/aromatic N) is 1. The Labute approximate surface area is 126 Å². The molecule has 20 heavy (non-hydrogen) atoms. The normalized spacial score (nSPS) is 16.4. The zero-order valence-corrected chi connectivity index (χ0v) is 13.5. The third-order valence-corrected chi connectivity index (χ3v) is 7.99. The van der Waals surface area contributed by atoms with Gasteiger partial charge in [-0.05, 0) is 24.1 Å². The third kappa shape index (κ3) is 3.02. The summed E-state index contributed by atoms with van der Waals surface area (Å²) in [4.78, 5) is 10.0. The molecular formula is C12H16BrNO5S. The van der Waals surface area contributed by atoms with Crippen LogP contribution in [-0.4, -0.2) is 27.9 Å². The Morgan fingerprint density at radius 1 is 1.35 bits per heavy atom. The molecule has 1 aromatic carbocycles. The van der Waals surface area contributed by atoms with E-state index in [1.54, 1.807) is 6.92 Å². The van der Waals surface area contributed by atoms with Crippen LogP contribution in [0, 0.1) is 10.1 Å². The molecule has 8 heteroatoms. The highest BCUT2D eigenvalue weighted by Crippen LogP contribution is 2.42. The Morgan fingerprint density at radius 3 is 2.20 bits per heavy atom. The molecule has 0 unspecified atom stereocenters. The van der Waals surface area contributed by atoms with Gasteiger partial charge in [0.05, 0.1) is 4.92 Å². The number of halogens is 1. The Balaban J connectivity index is 3.21. The van der Waals surface area contributed by atoms with E-state index >= 15 is 0 Å². The average Bonchev–Trinajstić information content (AvgIpc) is 2.45. The summed E-state index contributed by atoms with van der Waals surface area (Å²) in [7, 11) is -3.55. The summed E-state index contributed by atoms with van der Waals surface area (Å²) in [5, 5.41) is 20.9. The molecule has 0 aliphatic rings. The summed E-state index contributed by atoms with van der Waals surface area (Å²) in [5.74, 6) is -0.115. The van der Waals surface area contributed by atoms with Crippen molar-refractivity contribution in [2.75, 3.05) is 5.75 Å². The predicted molar refractivity (Wildman–Crippen MR) is 79.5 cm³/mol. The van der Waals surface area contributed by atoms with Gasteiger partial charge in [0.15, 0.2) is 13.5 Å². The topological polar surface area (TPSA) is 97.5 Å². The highest BCUT2D eigenvalue weighted by molar-refractivity contribution is 9.11. The smallest absolute Gasteiger partial charge is 0.269 e. The number of aliphatic hydroxyl groups excluding tert-OH is 1. The summed E-state index contributed by atoms with van der Waals surface area (Å²) in [6.07, 6.45) is -1.14. The van der Waals surface area contributed by atoms with Crippen LogP contribution in [0.15, 0.2) is 24.3 Å². The van der Waals surface area contributed by atoms with Gasteiger partial charge in [-0.2, -0.15) is 0 Å². The number of alkyl halides is 1.